The smallest absolute Gasteiger partial charge is 0.132 e. The lowest BCUT2D eigenvalue weighted by molar-refractivity contribution is 0.489. The van der Waals surface area contributed by atoms with E-state index in [9.17, 15) is 0 Å². The van der Waals surface area contributed by atoms with E-state index in [2.05, 4.69) is 29.1 Å². The van der Waals surface area contributed by atoms with Gasteiger partial charge in [0.15, 0.2) is 0 Å². The van der Waals surface area contributed by atoms with Gasteiger partial charge >= 0.3 is 0 Å². The van der Waals surface area contributed by atoms with Crippen LogP contribution in [-0.4, -0.2) is 23.1 Å². The lowest BCUT2D eigenvalue weighted by Gasteiger charge is -2.18. The third kappa shape index (κ3) is 2.89. The van der Waals surface area contributed by atoms with Gasteiger partial charge in [-0.2, -0.15) is 0 Å². The van der Waals surface area contributed by atoms with Gasteiger partial charge in [-0.3, -0.25) is 0 Å². The van der Waals surface area contributed by atoms with Gasteiger partial charge in [-0.05, 0) is 19.3 Å². The molecule has 0 aliphatic rings. The van der Waals surface area contributed by atoms with E-state index in [4.69, 9.17) is 5.73 Å². The molecule has 4 nitrogen and oxygen atoms in total. The number of rotatable bonds is 4. The van der Waals surface area contributed by atoms with Crippen LogP contribution in [-0.2, 0) is 6.42 Å². The highest BCUT2D eigenvalue weighted by Gasteiger charge is 2.14. The summed E-state index contributed by atoms with van der Waals surface area (Å²) in [5, 5.41) is 3.07. The zero-order valence-corrected chi connectivity index (χ0v) is 9.91. The maximum Gasteiger partial charge on any atom is 0.132 e. The molecule has 1 rings (SSSR count). The molecule has 0 amide bonds. The van der Waals surface area contributed by atoms with Gasteiger partial charge in [0.1, 0.15) is 12.1 Å². The summed E-state index contributed by atoms with van der Waals surface area (Å²) < 4.78 is 0. The van der Waals surface area contributed by atoms with Gasteiger partial charge in [-0.25, -0.2) is 9.97 Å². The molecule has 1 atom stereocenters. The quantitative estimate of drug-likeness (QED) is 0.784. The molecule has 1 unspecified atom stereocenters. The number of anilines is 1. The van der Waals surface area contributed by atoms with E-state index >= 15 is 0 Å². The summed E-state index contributed by atoms with van der Waals surface area (Å²) >= 11 is 0. The third-order valence-corrected chi connectivity index (χ3v) is 2.69. The Morgan fingerprint density at radius 1 is 1.40 bits per heavy atom. The highest BCUT2D eigenvalue weighted by molar-refractivity contribution is 5.45. The number of aryl methyl sites for hydroxylation is 1. The molecule has 15 heavy (non-hydrogen) atoms. The van der Waals surface area contributed by atoms with Gasteiger partial charge in [0.25, 0.3) is 0 Å². The number of nitrogens with two attached hydrogens (primary N) is 1. The topological polar surface area (TPSA) is 63.8 Å². The van der Waals surface area contributed by atoms with Gasteiger partial charge in [-0.1, -0.05) is 13.8 Å². The Kier molecular flexibility index (Phi) is 4.03. The molecule has 4 heteroatoms. The first kappa shape index (κ1) is 11.9. The predicted octanol–water partition coefficient (Wildman–Crippen LogP) is 1.35. The van der Waals surface area contributed by atoms with Crippen molar-refractivity contribution < 1.29 is 0 Å². The van der Waals surface area contributed by atoms with Crippen molar-refractivity contribution in [3.05, 3.63) is 17.6 Å². The Labute approximate surface area is 91.3 Å². The summed E-state index contributed by atoms with van der Waals surface area (Å²) in [6.45, 7) is 6.25. The molecule has 0 aromatic carbocycles. The van der Waals surface area contributed by atoms with E-state index in [0.29, 0.717) is 5.92 Å². The summed E-state index contributed by atoms with van der Waals surface area (Å²) in [6, 6.07) is 0.154. The van der Waals surface area contributed by atoms with Gasteiger partial charge < -0.3 is 11.1 Å². The minimum atomic E-state index is 0.154. The molecular formula is C11H20N4. The Morgan fingerprint density at radius 2 is 2.07 bits per heavy atom. The van der Waals surface area contributed by atoms with Gasteiger partial charge in [-0.15, -0.1) is 0 Å². The van der Waals surface area contributed by atoms with E-state index in [1.165, 1.54) is 0 Å². The first-order valence-corrected chi connectivity index (χ1v) is 5.30. The minimum Gasteiger partial charge on any atom is -0.373 e. The monoisotopic (exact) mass is 208 g/mol. The van der Waals surface area contributed by atoms with Gasteiger partial charge in [0.2, 0.25) is 0 Å². The molecule has 0 aliphatic carbocycles. The van der Waals surface area contributed by atoms with Gasteiger partial charge in [0, 0.05) is 24.3 Å². The molecule has 84 valence electrons. The van der Waals surface area contributed by atoms with Crippen molar-refractivity contribution in [1.29, 1.82) is 0 Å². The lowest BCUT2D eigenvalue weighted by Crippen LogP contribution is -2.29. The molecule has 0 bridgehead atoms. The fourth-order valence-electron chi connectivity index (χ4n) is 1.43. The van der Waals surface area contributed by atoms with Crippen molar-refractivity contribution in [2.75, 3.05) is 12.4 Å². The van der Waals surface area contributed by atoms with Crippen LogP contribution in [0.1, 0.15) is 25.1 Å². The average Bonchev–Trinajstić information content (AvgIpc) is 2.20. The SMILES string of the molecule is CNc1ncnc(C)c1CC(N)C(C)C. The van der Waals surface area contributed by atoms with Crippen LogP contribution in [0.3, 0.4) is 0 Å². The van der Waals surface area contributed by atoms with Gasteiger partial charge in [0.05, 0.1) is 0 Å². The summed E-state index contributed by atoms with van der Waals surface area (Å²) in [4.78, 5) is 8.39. The molecule has 0 saturated heterocycles. The van der Waals surface area contributed by atoms with Crippen LogP contribution in [0, 0.1) is 12.8 Å². The van der Waals surface area contributed by atoms with Crippen molar-refractivity contribution in [3.8, 4) is 0 Å². The van der Waals surface area contributed by atoms with E-state index in [0.717, 1.165) is 23.5 Å². The zero-order valence-electron chi connectivity index (χ0n) is 9.91. The number of hydrogen-bond acceptors (Lipinski definition) is 4. The second kappa shape index (κ2) is 5.07. The Hall–Kier alpha value is -1.16. The molecule has 0 aliphatic heterocycles. The fourth-order valence-corrected chi connectivity index (χ4v) is 1.43. The van der Waals surface area contributed by atoms with Crippen molar-refractivity contribution in [1.82, 2.24) is 9.97 Å². The summed E-state index contributed by atoms with van der Waals surface area (Å²) in [5.74, 6) is 1.35. The van der Waals surface area contributed by atoms with Crippen LogP contribution < -0.4 is 11.1 Å². The average molecular weight is 208 g/mol. The molecule has 0 spiro atoms. The summed E-state index contributed by atoms with van der Waals surface area (Å²) in [5.41, 5.74) is 8.19. The molecule has 3 N–H and O–H groups in total. The molecule has 1 aromatic heterocycles. The number of aromatic nitrogens is 2. The number of nitrogens with zero attached hydrogens (tertiary/aromatic N) is 2. The van der Waals surface area contributed by atoms with E-state index < -0.39 is 0 Å². The third-order valence-electron chi connectivity index (χ3n) is 2.69. The Morgan fingerprint density at radius 3 is 2.60 bits per heavy atom. The largest absolute Gasteiger partial charge is 0.373 e. The second-order valence-electron chi connectivity index (χ2n) is 4.15. The van der Waals surface area contributed by atoms with Crippen molar-refractivity contribution in [2.45, 2.75) is 33.2 Å². The van der Waals surface area contributed by atoms with E-state index in [-0.39, 0.29) is 6.04 Å². The van der Waals surface area contributed by atoms with Crippen molar-refractivity contribution >= 4 is 5.82 Å². The second-order valence-corrected chi connectivity index (χ2v) is 4.15. The normalized spacial score (nSPS) is 12.9. The molecule has 0 fully saturated rings. The van der Waals surface area contributed by atoms with Crippen LogP contribution in [0.5, 0.6) is 0 Å². The number of hydrogen-bond donors (Lipinski definition) is 2. The molecule has 0 saturated carbocycles. The first-order chi connectivity index (χ1) is 7.06. The predicted molar refractivity (Wildman–Crippen MR) is 62.8 cm³/mol. The maximum absolute atomic E-state index is 6.06. The molecule has 0 radical (unpaired) electrons. The molecule has 1 aromatic rings. The standard InChI is InChI=1S/C11H20N4/c1-7(2)10(12)5-9-8(3)14-6-15-11(9)13-4/h6-7,10H,5,12H2,1-4H3,(H,13,14,15). The highest BCUT2D eigenvalue weighted by Crippen LogP contribution is 2.17. The molecule has 1 heterocycles. The van der Waals surface area contributed by atoms with Crippen molar-refractivity contribution in [2.24, 2.45) is 11.7 Å². The van der Waals surface area contributed by atoms with Crippen LogP contribution >= 0.6 is 0 Å². The Balaban J connectivity index is 2.92. The van der Waals surface area contributed by atoms with Crippen molar-refractivity contribution in [3.63, 3.8) is 0 Å². The van der Waals surface area contributed by atoms with Crippen LogP contribution in [0.2, 0.25) is 0 Å². The van der Waals surface area contributed by atoms with Crippen LogP contribution in [0.4, 0.5) is 5.82 Å². The zero-order chi connectivity index (χ0) is 11.4. The highest BCUT2D eigenvalue weighted by atomic mass is 15.0. The lowest BCUT2D eigenvalue weighted by atomic mass is 9.97. The van der Waals surface area contributed by atoms with Crippen LogP contribution in [0.25, 0.3) is 0 Å². The number of nitrogens with one attached hydrogen (secondary N) is 1. The summed E-state index contributed by atoms with van der Waals surface area (Å²) in [7, 11) is 1.87. The Bertz CT molecular complexity index is 322. The van der Waals surface area contributed by atoms with Crippen LogP contribution in [0.15, 0.2) is 6.33 Å². The summed E-state index contributed by atoms with van der Waals surface area (Å²) in [6.07, 6.45) is 2.39. The minimum absolute atomic E-state index is 0.154. The maximum atomic E-state index is 6.06. The fraction of sp³-hybridized carbons (Fsp3) is 0.636. The first-order valence-electron chi connectivity index (χ1n) is 5.30. The van der Waals surface area contributed by atoms with E-state index in [1.807, 2.05) is 14.0 Å². The van der Waals surface area contributed by atoms with E-state index in [1.54, 1.807) is 6.33 Å². The molecular weight excluding hydrogens is 188 g/mol.